The van der Waals surface area contributed by atoms with Gasteiger partial charge in [-0.2, -0.15) is 0 Å². The molecular weight excluding hydrogens is 303 g/mol. The number of hydrogen-bond acceptors (Lipinski definition) is 2. The number of benzene rings is 1. The number of carbonyl (C=O) groups is 1. The minimum absolute atomic E-state index is 0.0256. The van der Waals surface area contributed by atoms with Gasteiger partial charge in [0.25, 0.3) is 0 Å². The number of carbonyl (C=O) groups excluding carboxylic acids is 1. The lowest BCUT2D eigenvalue weighted by molar-refractivity contribution is -0.124. The van der Waals surface area contributed by atoms with Crippen LogP contribution in [0.3, 0.4) is 0 Å². The lowest BCUT2D eigenvalue weighted by Crippen LogP contribution is -2.47. The summed E-state index contributed by atoms with van der Waals surface area (Å²) in [5.74, 6) is 0.302. The Bertz CT molecular complexity index is 672. The lowest BCUT2D eigenvalue weighted by atomic mass is 9.74. The smallest absolute Gasteiger partial charge is 0.230 e. The van der Waals surface area contributed by atoms with E-state index in [4.69, 9.17) is 0 Å². The van der Waals surface area contributed by atoms with Crippen molar-refractivity contribution in [2.75, 3.05) is 24.5 Å². The fourth-order valence-corrected chi connectivity index (χ4v) is 4.90. The second-order valence-electron chi connectivity index (χ2n) is 8.26. The number of likely N-dealkylation sites (tertiary alicyclic amines) is 1. The zero-order valence-electron chi connectivity index (χ0n) is 14.1. The van der Waals surface area contributed by atoms with E-state index in [1.54, 1.807) is 6.07 Å². The van der Waals surface area contributed by atoms with Crippen molar-refractivity contribution in [2.45, 2.75) is 56.4 Å². The molecule has 0 atom stereocenters. The van der Waals surface area contributed by atoms with Crippen LogP contribution >= 0.6 is 0 Å². The van der Waals surface area contributed by atoms with Crippen LogP contribution in [-0.4, -0.2) is 36.5 Å². The van der Waals surface area contributed by atoms with Crippen LogP contribution in [0, 0.1) is 11.7 Å². The highest BCUT2D eigenvalue weighted by atomic mass is 19.1. The quantitative estimate of drug-likeness (QED) is 0.830. The molecule has 0 N–H and O–H groups in total. The van der Waals surface area contributed by atoms with Crippen molar-refractivity contribution in [1.82, 2.24) is 4.90 Å². The second-order valence-corrected chi connectivity index (χ2v) is 8.26. The fraction of sp³-hybridized carbons (Fsp3) is 0.650. The van der Waals surface area contributed by atoms with Crippen molar-refractivity contribution in [2.24, 2.45) is 5.92 Å². The summed E-state index contributed by atoms with van der Waals surface area (Å²) in [6, 6.07) is 5.85. The Labute approximate surface area is 142 Å². The van der Waals surface area contributed by atoms with Gasteiger partial charge in [0.05, 0.1) is 0 Å². The van der Waals surface area contributed by atoms with Crippen LogP contribution in [0.2, 0.25) is 0 Å². The molecule has 3 fully saturated rings. The van der Waals surface area contributed by atoms with Crippen LogP contribution in [0.4, 0.5) is 10.1 Å². The maximum absolute atomic E-state index is 14.0. The van der Waals surface area contributed by atoms with Crippen molar-refractivity contribution < 1.29 is 9.18 Å². The van der Waals surface area contributed by atoms with Crippen LogP contribution < -0.4 is 4.90 Å². The van der Waals surface area contributed by atoms with Crippen molar-refractivity contribution in [3.05, 3.63) is 29.6 Å². The third-order valence-corrected chi connectivity index (χ3v) is 6.82. The largest absolute Gasteiger partial charge is 0.311 e. The van der Waals surface area contributed by atoms with Gasteiger partial charge >= 0.3 is 0 Å². The molecule has 24 heavy (non-hydrogen) atoms. The molecular formula is C20H25FN2O. The van der Waals surface area contributed by atoms with Crippen LogP contribution in [0.15, 0.2) is 18.2 Å². The van der Waals surface area contributed by atoms with Gasteiger partial charge in [0.1, 0.15) is 5.82 Å². The first kappa shape index (κ1) is 14.9. The molecule has 2 heterocycles. The minimum Gasteiger partial charge on any atom is -0.311 e. The normalized spacial score (nSPS) is 26.5. The van der Waals surface area contributed by atoms with Gasteiger partial charge in [0, 0.05) is 29.6 Å². The third-order valence-electron chi connectivity index (χ3n) is 6.82. The van der Waals surface area contributed by atoms with Gasteiger partial charge in [0.2, 0.25) is 5.91 Å². The van der Waals surface area contributed by atoms with Gasteiger partial charge in [-0.15, -0.1) is 0 Å². The Morgan fingerprint density at radius 2 is 1.88 bits per heavy atom. The highest BCUT2D eigenvalue weighted by Gasteiger charge is 2.49. The molecule has 1 saturated heterocycles. The molecule has 0 unspecified atom stereocenters. The average Bonchev–Trinajstić information content (AvgIpc) is 3.32. The Morgan fingerprint density at radius 3 is 2.50 bits per heavy atom. The molecule has 2 aliphatic heterocycles. The van der Waals surface area contributed by atoms with E-state index in [0.29, 0.717) is 0 Å². The Kier molecular flexibility index (Phi) is 3.28. The van der Waals surface area contributed by atoms with E-state index in [-0.39, 0.29) is 23.1 Å². The summed E-state index contributed by atoms with van der Waals surface area (Å²) in [6.45, 7) is 2.94. The number of anilines is 1. The van der Waals surface area contributed by atoms with E-state index in [1.165, 1.54) is 25.3 Å². The van der Waals surface area contributed by atoms with Gasteiger partial charge in [-0.25, -0.2) is 4.39 Å². The highest BCUT2D eigenvalue weighted by molar-refractivity contribution is 5.98. The van der Waals surface area contributed by atoms with Gasteiger partial charge in [-0.05, 0) is 75.4 Å². The SMILES string of the molecule is O=C(C1CCC1)N1CC2(CCN(C3CC3)CC2)c2cc(F)ccc21. The van der Waals surface area contributed by atoms with Crippen LogP contribution in [0.5, 0.6) is 0 Å². The lowest BCUT2D eigenvalue weighted by Gasteiger charge is -2.40. The predicted molar refractivity (Wildman–Crippen MR) is 91.6 cm³/mol. The maximum atomic E-state index is 14.0. The van der Waals surface area contributed by atoms with E-state index in [2.05, 4.69) is 4.90 Å². The van der Waals surface area contributed by atoms with E-state index >= 15 is 0 Å². The number of nitrogens with zero attached hydrogens (tertiary/aromatic N) is 2. The molecule has 2 saturated carbocycles. The maximum Gasteiger partial charge on any atom is 0.230 e. The van der Waals surface area contributed by atoms with Gasteiger partial charge in [-0.3, -0.25) is 4.79 Å². The first-order chi connectivity index (χ1) is 11.7. The number of piperidine rings is 1. The molecule has 0 aromatic heterocycles. The van der Waals surface area contributed by atoms with Gasteiger partial charge < -0.3 is 9.80 Å². The summed E-state index contributed by atoms with van der Waals surface area (Å²) in [5.41, 5.74) is 2.04. The van der Waals surface area contributed by atoms with Gasteiger partial charge in [-0.1, -0.05) is 6.42 Å². The molecule has 1 aromatic carbocycles. The fourth-order valence-electron chi connectivity index (χ4n) is 4.90. The Hall–Kier alpha value is -1.42. The molecule has 128 valence electrons. The molecule has 1 amide bonds. The number of halogens is 1. The van der Waals surface area contributed by atoms with E-state index in [0.717, 1.165) is 62.6 Å². The molecule has 2 aliphatic carbocycles. The molecule has 1 spiro atoms. The summed E-state index contributed by atoms with van der Waals surface area (Å²) in [7, 11) is 0. The zero-order valence-corrected chi connectivity index (χ0v) is 14.1. The molecule has 3 nitrogen and oxygen atoms in total. The van der Waals surface area contributed by atoms with Crippen molar-refractivity contribution in [3.63, 3.8) is 0 Å². The van der Waals surface area contributed by atoms with E-state index in [1.807, 2.05) is 11.0 Å². The van der Waals surface area contributed by atoms with Crippen molar-refractivity contribution >= 4 is 11.6 Å². The van der Waals surface area contributed by atoms with Gasteiger partial charge in [0.15, 0.2) is 0 Å². The van der Waals surface area contributed by atoms with Crippen LogP contribution in [0.1, 0.15) is 50.5 Å². The second kappa shape index (κ2) is 5.29. The number of amides is 1. The zero-order chi connectivity index (χ0) is 16.3. The standard InChI is InChI=1S/C20H25FN2O/c21-15-4-7-18-17(12-15)20(8-10-22(11-9-20)16-5-6-16)13-23(18)19(24)14-2-1-3-14/h4,7,12,14,16H,1-3,5-6,8-11,13H2. The van der Waals surface area contributed by atoms with Crippen LogP contribution in [0.25, 0.3) is 0 Å². The molecule has 1 aromatic rings. The number of rotatable bonds is 2. The first-order valence-corrected chi connectivity index (χ1v) is 9.52. The first-order valence-electron chi connectivity index (χ1n) is 9.52. The number of fused-ring (bicyclic) bond motifs is 2. The molecule has 5 rings (SSSR count). The van der Waals surface area contributed by atoms with E-state index in [9.17, 15) is 9.18 Å². The highest BCUT2D eigenvalue weighted by Crippen LogP contribution is 2.49. The molecule has 0 bridgehead atoms. The Morgan fingerprint density at radius 1 is 1.12 bits per heavy atom. The molecule has 4 heteroatoms. The van der Waals surface area contributed by atoms with Crippen molar-refractivity contribution in [3.8, 4) is 0 Å². The topological polar surface area (TPSA) is 23.6 Å². The van der Waals surface area contributed by atoms with E-state index < -0.39 is 0 Å². The minimum atomic E-state index is -0.171. The molecule has 0 radical (unpaired) electrons. The van der Waals surface area contributed by atoms with Crippen molar-refractivity contribution in [1.29, 1.82) is 0 Å². The summed E-state index contributed by atoms with van der Waals surface area (Å²) in [4.78, 5) is 17.5. The summed E-state index contributed by atoms with van der Waals surface area (Å²) < 4.78 is 14.0. The predicted octanol–water partition coefficient (Wildman–Crippen LogP) is 3.47. The average molecular weight is 328 g/mol. The summed E-state index contributed by atoms with van der Waals surface area (Å²) in [5, 5.41) is 0. The number of hydrogen-bond donors (Lipinski definition) is 0. The summed E-state index contributed by atoms with van der Waals surface area (Å²) in [6.07, 6.45) is 7.99. The monoisotopic (exact) mass is 328 g/mol. The van der Waals surface area contributed by atoms with Crippen LogP contribution in [-0.2, 0) is 10.2 Å². The third kappa shape index (κ3) is 2.22. The Balaban J connectivity index is 1.46. The molecule has 4 aliphatic rings. The summed E-state index contributed by atoms with van der Waals surface area (Å²) >= 11 is 0.